The number of amides is 1. The van der Waals surface area contributed by atoms with Crippen molar-refractivity contribution in [3.63, 3.8) is 0 Å². The molecule has 3 nitrogen and oxygen atoms in total. The van der Waals surface area contributed by atoms with Gasteiger partial charge in [-0.15, -0.1) is 0 Å². The minimum Gasteiger partial charge on any atom is -0.396 e. The summed E-state index contributed by atoms with van der Waals surface area (Å²) in [4.78, 5) is 12.4. The van der Waals surface area contributed by atoms with Gasteiger partial charge in [0.1, 0.15) is 5.82 Å². The Labute approximate surface area is 136 Å². The molecule has 2 unspecified atom stereocenters. The first kappa shape index (κ1) is 17.2. The van der Waals surface area contributed by atoms with E-state index in [1.165, 1.54) is 6.07 Å². The monoisotopic (exact) mass is 315 g/mol. The van der Waals surface area contributed by atoms with Crippen LogP contribution in [0.15, 0.2) is 54.6 Å². The van der Waals surface area contributed by atoms with Crippen molar-refractivity contribution >= 4 is 5.91 Å². The van der Waals surface area contributed by atoms with Gasteiger partial charge in [-0.2, -0.15) is 0 Å². The summed E-state index contributed by atoms with van der Waals surface area (Å²) >= 11 is 0. The Morgan fingerprint density at radius 2 is 1.78 bits per heavy atom. The van der Waals surface area contributed by atoms with E-state index in [2.05, 4.69) is 5.32 Å². The Morgan fingerprint density at radius 1 is 1.13 bits per heavy atom. The molecule has 0 heterocycles. The molecule has 122 valence electrons. The van der Waals surface area contributed by atoms with Crippen LogP contribution >= 0.6 is 0 Å². The normalized spacial score (nSPS) is 13.3. The molecule has 2 aromatic carbocycles. The SMILES string of the molecule is CC(Cc1ccccc1F)C(=O)NC(CCO)c1ccccc1. The summed E-state index contributed by atoms with van der Waals surface area (Å²) in [6.45, 7) is 1.77. The van der Waals surface area contributed by atoms with Crippen molar-refractivity contribution in [1.82, 2.24) is 5.32 Å². The topological polar surface area (TPSA) is 49.3 Å². The first-order valence-corrected chi connectivity index (χ1v) is 7.81. The lowest BCUT2D eigenvalue weighted by Gasteiger charge is -2.21. The Bertz CT molecular complexity index is 630. The van der Waals surface area contributed by atoms with Crippen molar-refractivity contribution < 1.29 is 14.3 Å². The minimum absolute atomic E-state index is 0.0124. The van der Waals surface area contributed by atoms with Gasteiger partial charge in [0, 0.05) is 12.5 Å². The highest BCUT2D eigenvalue weighted by Gasteiger charge is 2.20. The van der Waals surface area contributed by atoms with Crippen molar-refractivity contribution in [2.24, 2.45) is 5.92 Å². The molecule has 4 heteroatoms. The van der Waals surface area contributed by atoms with Crippen LogP contribution in [-0.2, 0) is 11.2 Å². The number of carbonyl (C=O) groups excluding carboxylic acids is 1. The van der Waals surface area contributed by atoms with Gasteiger partial charge in [0.05, 0.1) is 6.04 Å². The first-order chi connectivity index (χ1) is 11.1. The molecule has 0 aliphatic carbocycles. The summed E-state index contributed by atoms with van der Waals surface area (Å²) in [6, 6.07) is 15.8. The van der Waals surface area contributed by atoms with Crippen LogP contribution < -0.4 is 5.32 Å². The van der Waals surface area contributed by atoms with Crippen molar-refractivity contribution in [3.05, 3.63) is 71.5 Å². The molecule has 23 heavy (non-hydrogen) atoms. The summed E-state index contributed by atoms with van der Waals surface area (Å²) in [5.41, 5.74) is 1.49. The third kappa shape index (κ3) is 4.89. The van der Waals surface area contributed by atoms with Crippen molar-refractivity contribution in [1.29, 1.82) is 0 Å². The molecule has 0 bridgehead atoms. The zero-order chi connectivity index (χ0) is 16.7. The van der Waals surface area contributed by atoms with E-state index < -0.39 is 0 Å². The van der Waals surface area contributed by atoms with Gasteiger partial charge in [0.2, 0.25) is 5.91 Å². The van der Waals surface area contributed by atoms with Crippen LogP contribution in [0.3, 0.4) is 0 Å². The molecule has 0 spiro atoms. The number of aliphatic hydroxyl groups is 1. The molecule has 0 aliphatic rings. The van der Waals surface area contributed by atoms with Gasteiger partial charge in [0.15, 0.2) is 0 Å². The van der Waals surface area contributed by atoms with E-state index in [1.54, 1.807) is 25.1 Å². The number of halogens is 1. The quantitative estimate of drug-likeness (QED) is 0.824. The van der Waals surface area contributed by atoms with Gasteiger partial charge in [-0.1, -0.05) is 55.5 Å². The van der Waals surface area contributed by atoms with Crippen LogP contribution in [0.4, 0.5) is 4.39 Å². The molecular weight excluding hydrogens is 293 g/mol. The molecule has 0 aliphatic heterocycles. The third-order valence-electron chi connectivity index (χ3n) is 3.87. The number of benzene rings is 2. The summed E-state index contributed by atoms with van der Waals surface area (Å²) in [7, 11) is 0. The number of hydrogen-bond donors (Lipinski definition) is 2. The molecule has 2 N–H and O–H groups in total. The van der Waals surface area contributed by atoms with E-state index in [-0.39, 0.29) is 30.3 Å². The maximum atomic E-state index is 13.7. The summed E-state index contributed by atoms with van der Waals surface area (Å²) in [5.74, 6) is -0.783. The van der Waals surface area contributed by atoms with E-state index in [9.17, 15) is 14.3 Å². The van der Waals surface area contributed by atoms with Crippen LogP contribution in [-0.4, -0.2) is 17.6 Å². The zero-order valence-corrected chi connectivity index (χ0v) is 13.2. The molecule has 2 aromatic rings. The summed E-state index contributed by atoms with van der Waals surface area (Å²) in [6.07, 6.45) is 0.793. The molecule has 0 fully saturated rings. The van der Waals surface area contributed by atoms with Crippen LogP contribution in [0.5, 0.6) is 0 Å². The molecular formula is C19H22FNO2. The van der Waals surface area contributed by atoms with E-state index in [0.29, 0.717) is 18.4 Å². The van der Waals surface area contributed by atoms with Gasteiger partial charge in [-0.05, 0) is 30.0 Å². The van der Waals surface area contributed by atoms with Crippen LogP contribution in [0, 0.1) is 11.7 Å². The number of rotatable bonds is 7. The lowest BCUT2D eigenvalue weighted by molar-refractivity contribution is -0.125. The average Bonchev–Trinajstić information content (AvgIpc) is 2.57. The summed E-state index contributed by atoms with van der Waals surface area (Å²) < 4.78 is 13.7. The maximum absolute atomic E-state index is 13.7. The fourth-order valence-corrected chi connectivity index (χ4v) is 2.54. The predicted octanol–water partition coefficient (Wildman–Crippen LogP) is 3.24. The molecule has 0 saturated carbocycles. The van der Waals surface area contributed by atoms with Crippen molar-refractivity contribution in [3.8, 4) is 0 Å². The lowest BCUT2D eigenvalue weighted by atomic mass is 9.98. The fraction of sp³-hybridized carbons (Fsp3) is 0.316. The number of aliphatic hydroxyl groups excluding tert-OH is 1. The van der Waals surface area contributed by atoms with Gasteiger partial charge >= 0.3 is 0 Å². The largest absolute Gasteiger partial charge is 0.396 e. The van der Waals surface area contributed by atoms with Crippen LogP contribution in [0.1, 0.15) is 30.5 Å². The molecule has 0 saturated heterocycles. The Morgan fingerprint density at radius 3 is 2.43 bits per heavy atom. The average molecular weight is 315 g/mol. The minimum atomic E-state index is -0.350. The highest BCUT2D eigenvalue weighted by atomic mass is 19.1. The third-order valence-corrected chi connectivity index (χ3v) is 3.87. The Balaban J connectivity index is 2.02. The first-order valence-electron chi connectivity index (χ1n) is 7.81. The van der Waals surface area contributed by atoms with E-state index in [0.717, 1.165) is 5.56 Å². The second kappa shape index (κ2) is 8.44. The summed E-state index contributed by atoms with van der Waals surface area (Å²) in [5, 5.41) is 12.2. The lowest BCUT2D eigenvalue weighted by Crippen LogP contribution is -2.34. The number of carbonyl (C=O) groups is 1. The van der Waals surface area contributed by atoms with Gasteiger partial charge in [0.25, 0.3) is 0 Å². The van der Waals surface area contributed by atoms with E-state index >= 15 is 0 Å². The second-order valence-corrected chi connectivity index (χ2v) is 5.68. The molecule has 0 aromatic heterocycles. The highest BCUT2D eigenvalue weighted by Crippen LogP contribution is 2.18. The fourth-order valence-electron chi connectivity index (χ4n) is 2.54. The Kier molecular flexibility index (Phi) is 6.29. The van der Waals surface area contributed by atoms with Gasteiger partial charge in [-0.25, -0.2) is 4.39 Å². The Hall–Kier alpha value is -2.20. The zero-order valence-electron chi connectivity index (χ0n) is 13.2. The van der Waals surface area contributed by atoms with Crippen LogP contribution in [0.25, 0.3) is 0 Å². The van der Waals surface area contributed by atoms with Gasteiger partial charge in [-0.3, -0.25) is 4.79 Å². The van der Waals surface area contributed by atoms with Crippen molar-refractivity contribution in [2.45, 2.75) is 25.8 Å². The molecule has 2 atom stereocenters. The molecule has 1 amide bonds. The van der Waals surface area contributed by atoms with Gasteiger partial charge < -0.3 is 10.4 Å². The second-order valence-electron chi connectivity index (χ2n) is 5.68. The van der Waals surface area contributed by atoms with Crippen LogP contribution in [0.2, 0.25) is 0 Å². The standard InChI is InChI=1S/C19H22FNO2/c1-14(13-16-9-5-6-10-17(16)20)19(23)21-18(11-12-22)15-7-3-2-4-8-15/h2-10,14,18,22H,11-13H2,1H3,(H,21,23). The molecule has 0 radical (unpaired) electrons. The predicted molar refractivity (Wildman–Crippen MR) is 88.3 cm³/mol. The van der Waals surface area contributed by atoms with E-state index in [1.807, 2.05) is 30.3 Å². The van der Waals surface area contributed by atoms with Crippen molar-refractivity contribution in [2.75, 3.05) is 6.61 Å². The molecule has 2 rings (SSSR count). The number of nitrogens with one attached hydrogen (secondary N) is 1. The van der Waals surface area contributed by atoms with E-state index in [4.69, 9.17) is 0 Å². The highest BCUT2D eigenvalue weighted by molar-refractivity contribution is 5.79. The maximum Gasteiger partial charge on any atom is 0.223 e. The smallest absolute Gasteiger partial charge is 0.223 e. The number of hydrogen-bond acceptors (Lipinski definition) is 2.